The predicted molar refractivity (Wildman–Crippen MR) is 89.5 cm³/mol. The third-order valence-corrected chi connectivity index (χ3v) is 4.67. The predicted octanol–water partition coefficient (Wildman–Crippen LogP) is 3.53. The van der Waals surface area contributed by atoms with Gasteiger partial charge in [-0.25, -0.2) is 4.79 Å². The SMILES string of the molecule is CC(C)(C)OC(=O)N1CCC(C)(C(=O)[O-])CC1c1ccc(C(F)(F)F)cc1. The van der Waals surface area contributed by atoms with Gasteiger partial charge in [-0.3, -0.25) is 0 Å². The molecule has 150 valence electrons. The average molecular weight is 386 g/mol. The Kier molecular flexibility index (Phi) is 5.50. The molecule has 8 heteroatoms. The maximum absolute atomic E-state index is 12.8. The lowest BCUT2D eigenvalue weighted by Gasteiger charge is -2.45. The Morgan fingerprint density at radius 2 is 1.74 bits per heavy atom. The van der Waals surface area contributed by atoms with Gasteiger partial charge in [0.05, 0.1) is 11.6 Å². The summed E-state index contributed by atoms with van der Waals surface area (Å²) in [6.07, 6.45) is -4.91. The van der Waals surface area contributed by atoms with Gasteiger partial charge in [-0.15, -0.1) is 0 Å². The molecule has 0 spiro atoms. The molecule has 0 bridgehead atoms. The fourth-order valence-corrected chi connectivity index (χ4v) is 3.08. The number of carboxylic acid groups (broad SMARTS) is 1. The van der Waals surface area contributed by atoms with Crippen molar-refractivity contribution >= 4 is 12.1 Å². The zero-order valence-corrected chi connectivity index (χ0v) is 15.7. The van der Waals surface area contributed by atoms with Crippen molar-refractivity contribution in [3.63, 3.8) is 0 Å². The van der Waals surface area contributed by atoms with E-state index in [9.17, 15) is 27.9 Å². The van der Waals surface area contributed by atoms with E-state index in [1.807, 2.05) is 0 Å². The summed E-state index contributed by atoms with van der Waals surface area (Å²) in [6.45, 7) is 6.73. The molecule has 1 aliphatic heterocycles. The highest BCUT2D eigenvalue weighted by atomic mass is 19.4. The molecule has 0 radical (unpaired) electrons. The summed E-state index contributed by atoms with van der Waals surface area (Å²) in [4.78, 5) is 25.5. The number of carbonyl (C=O) groups excluding carboxylic acids is 2. The molecule has 0 aliphatic carbocycles. The van der Waals surface area contributed by atoms with Gasteiger partial charge in [-0.05, 0) is 51.3 Å². The fraction of sp³-hybridized carbons (Fsp3) is 0.579. The Morgan fingerprint density at radius 1 is 1.19 bits per heavy atom. The summed E-state index contributed by atoms with van der Waals surface area (Å²) in [5.41, 5.74) is -2.34. The quantitative estimate of drug-likeness (QED) is 0.780. The van der Waals surface area contributed by atoms with Crippen LogP contribution < -0.4 is 5.11 Å². The minimum Gasteiger partial charge on any atom is -0.550 e. The Hall–Kier alpha value is -2.25. The number of piperidine rings is 1. The van der Waals surface area contributed by atoms with Gasteiger partial charge >= 0.3 is 12.3 Å². The first-order chi connectivity index (χ1) is 12.2. The lowest BCUT2D eigenvalue weighted by Crippen LogP contribution is -2.51. The lowest BCUT2D eigenvalue weighted by molar-refractivity contribution is -0.320. The van der Waals surface area contributed by atoms with Crippen LogP contribution in [0.2, 0.25) is 0 Å². The van der Waals surface area contributed by atoms with Crippen LogP contribution in [0.25, 0.3) is 0 Å². The van der Waals surface area contributed by atoms with Gasteiger partial charge in [0.1, 0.15) is 5.60 Å². The van der Waals surface area contributed by atoms with Crippen molar-refractivity contribution in [3.05, 3.63) is 35.4 Å². The summed E-state index contributed by atoms with van der Waals surface area (Å²) in [6, 6.07) is 3.66. The van der Waals surface area contributed by atoms with Gasteiger partial charge in [-0.1, -0.05) is 19.1 Å². The average Bonchev–Trinajstić information content (AvgIpc) is 2.52. The van der Waals surface area contributed by atoms with E-state index in [1.54, 1.807) is 20.8 Å². The number of amides is 1. The smallest absolute Gasteiger partial charge is 0.416 e. The highest BCUT2D eigenvalue weighted by molar-refractivity contribution is 5.74. The van der Waals surface area contributed by atoms with Crippen molar-refractivity contribution in [1.82, 2.24) is 4.90 Å². The molecular weight excluding hydrogens is 363 g/mol. The third kappa shape index (κ3) is 4.93. The molecule has 1 saturated heterocycles. The molecular formula is C19H23F3NO4-. The van der Waals surface area contributed by atoms with Crippen molar-refractivity contribution in [1.29, 1.82) is 0 Å². The van der Waals surface area contributed by atoms with E-state index in [0.29, 0.717) is 5.56 Å². The monoisotopic (exact) mass is 386 g/mol. The number of carbonyl (C=O) groups is 2. The Labute approximate surface area is 156 Å². The number of carboxylic acids is 1. The molecule has 1 aliphatic rings. The second-order valence-corrected chi connectivity index (χ2v) is 8.11. The van der Waals surface area contributed by atoms with Crippen LogP contribution in [-0.4, -0.2) is 29.1 Å². The van der Waals surface area contributed by atoms with Gasteiger partial charge in [0.2, 0.25) is 0 Å². The molecule has 0 N–H and O–H groups in total. The van der Waals surface area contributed by atoms with E-state index in [-0.39, 0.29) is 19.4 Å². The number of aliphatic carboxylic acids is 1. The molecule has 1 aromatic carbocycles. The van der Waals surface area contributed by atoms with Crippen molar-refractivity contribution < 1.29 is 32.6 Å². The number of halogens is 3. The van der Waals surface area contributed by atoms with E-state index in [1.165, 1.54) is 24.0 Å². The molecule has 0 saturated carbocycles. The van der Waals surface area contributed by atoms with Crippen LogP contribution in [-0.2, 0) is 15.7 Å². The topological polar surface area (TPSA) is 69.7 Å². The van der Waals surface area contributed by atoms with E-state index < -0.39 is 40.9 Å². The zero-order valence-electron chi connectivity index (χ0n) is 15.7. The summed E-state index contributed by atoms with van der Waals surface area (Å²) in [5, 5.41) is 11.5. The number of likely N-dealkylation sites (tertiary alicyclic amines) is 1. The first-order valence-electron chi connectivity index (χ1n) is 8.61. The largest absolute Gasteiger partial charge is 0.550 e. The summed E-state index contributed by atoms with van der Waals surface area (Å²) >= 11 is 0. The standard InChI is InChI=1S/C19H24F3NO4/c1-17(2,3)27-16(26)23-10-9-18(4,15(24)25)11-14(23)12-5-7-13(8-6-12)19(20,21)22/h5-8,14H,9-11H2,1-4H3,(H,24,25)/p-1. The molecule has 1 fully saturated rings. The molecule has 2 atom stereocenters. The Bertz CT molecular complexity index is 709. The van der Waals surface area contributed by atoms with Crippen molar-refractivity contribution in [2.75, 3.05) is 6.54 Å². The minimum absolute atomic E-state index is 0.0277. The molecule has 27 heavy (non-hydrogen) atoms. The van der Waals surface area contributed by atoms with Crippen molar-refractivity contribution in [3.8, 4) is 0 Å². The summed E-state index contributed by atoms with van der Waals surface area (Å²) in [7, 11) is 0. The van der Waals surface area contributed by atoms with Gasteiger partial charge in [0.15, 0.2) is 0 Å². The van der Waals surface area contributed by atoms with Gasteiger partial charge in [0.25, 0.3) is 0 Å². The second-order valence-electron chi connectivity index (χ2n) is 8.11. The van der Waals surface area contributed by atoms with Gasteiger partial charge in [0, 0.05) is 17.9 Å². The highest BCUT2D eigenvalue weighted by Gasteiger charge is 2.41. The van der Waals surface area contributed by atoms with Crippen LogP contribution in [0, 0.1) is 5.41 Å². The fourth-order valence-electron chi connectivity index (χ4n) is 3.08. The van der Waals surface area contributed by atoms with E-state index >= 15 is 0 Å². The lowest BCUT2D eigenvalue weighted by atomic mass is 9.75. The first-order valence-corrected chi connectivity index (χ1v) is 8.61. The number of alkyl halides is 3. The number of hydrogen-bond acceptors (Lipinski definition) is 4. The number of rotatable bonds is 2. The first kappa shape index (κ1) is 21.1. The molecule has 1 amide bonds. The summed E-state index contributed by atoms with van der Waals surface area (Å²) in [5.74, 6) is -1.25. The normalized spacial score (nSPS) is 23.8. The van der Waals surface area contributed by atoms with Crippen LogP contribution in [0.3, 0.4) is 0 Å². The number of benzene rings is 1. The molecule has 5 nitrogen and oxygen atoms in total. The van der Waals surface area contributed by atoms with Crippen LogP contribution in [0.5, 0.6) is 0 Å². The molecule has 2 rings (SSSR count). The van der Waals surface area contributed by atoms with E-state index in [0.717, 1.165) is 12.1 Å². The van der Waals surface area contributed by atoms with E-state index in [2.05, 4.69) is 0 Å². The highest BCUT2D eigenvalue weighted by Crippen LogP contribution is 2.42. The van der Waals surface area contributed by atoms with Gasteiger partial charge in [-0.2, -0.15) is 13.2 Å². The Morgan fingerprint density at radius 3 is 2.19 bits per heavy atom. The number of nitrogens with zero attached hydrogens (tertiary/aromatic N) is 1. The second kappa shape index (κ2) is 7.05. The Balaban J connectivity index is 2.37. The van der Waals surface area contributed by atoms with Gasteiger partial charge < -0.3 is 19.5 Å². The molecule has 2 unspecified atom stereocenters. The third-order valence-electron chi connectivity index (χ3n) is 4.67. The minimum atomic E-state index is -4.48. The van der Waals surface area contributed by atoms with E-state index in [4.69, 9.17) is 4.74 Å². The molecule has 1 aromatic rings. The van der Waals surface area contributed by atoms with Crippen LogP contribution in [0.1, 0.15) is 57.7 Å². The maximum atomic E-state index is 12.8. The van der Waals surface area contributed by atoms with Crippen molar-refractivity contribution in [2.45, 2.75) is 58.4 Å². The molecule has 1 heterocycles. The van der Waals surface area contributed by atoms with Crippen LogP contribution >= 0.6 is 0 Å². The van der Waals surface area contributed by atoms with Crippen LogP contribution in [0.4, 0.5) is 18.0 Å². The van der Waals surface area contributed by atoms with Crippen molar-refractivity contribution in [2.24, 2.45) is 5.41 Å². The number of hydrogen-bond donors (Lipinski definition) is 0. The maximum Gasteiger partial charge on any atom is 0.416 e. The summed E-state index contributed by atoms with van der Waals surface area (Å²) < 4.78 is 43.8. The zero-order chi connectivity index (χ0) is 20.6. The van der Waals surface area contributed by atoms with Crippen LogP contribution in [0.15, 0.2) is 24.3 Å². The number of ether oxygens (including phenoxy) is 1. The molecule has 0 aromatic heterocycles.